The summed E-state index contributed by atoms with van der Waals surface area (Å²) in [7, 11) is 0. The average Bonchev–Trinajstić information content (AvgIpc) is 2.32. The predicted octanol–water partition coefficient (Wildman–Crippen LogP) is 3.69. The lowest BCUT2D eigenvalue weighted by atomic mass is 10.1. The first-order chi connectivity index (χ1) is 9.28. The third-order valence-electron chi connectivity index (χ3n) is 2.82. The van der Waals surface area contributed by atoms with Gasteiger partial charge in [-0.3, -0.25) is 0 Å². The molecular formula is C17H29NO2. The summed E-state index contributed by atoms with van der Waals surface area (Å²) in [6.07, 6.45) is 0.249. The normalized spacial score (nSPS) is 11.9. The molecular weight excluding hydrogens is 250 g/mol. The van der Waals surface area contributed by atoms with Gasteiger partial charge in [-0.2, -0.15) is 0 Å². The van der Waals surface area contributed by atoms with E-state index in [9.17, 15) is 0 Å². The van der Waals surface area contributed by atoms with Crippen LogP contribution in [0.3, 0.4) is 0 Å². The molecule has 0 saturated heterocycles. The van der Waals surface area contributed by atoms with E-state index in [-0.39, 0.29) is 11.6 Å². The molecule has 0 radical (unpaired) electrons. The Labute approximate surface area is 123 Å². The van der Waals surface area contributed by atoms with Crippen molar-refractivity contribution >= 4 is 0 Å². The summed E-state index contributed by atoms with van der Waals surface area (Å²) in [5.41, 5.74) is 2.55. The lowest BCUT2D eigenvalue weighted by Gasteiger charge is -2.22. The van der Waals surface area contributed by atoms with Gasteiger partial charge in [0.25, 0.3) is 0 Å². The largest absolute Gasteiger partial charge is 0.491 e. The molecule has 3 nitrogen and oxygen atoms in total. The smallest absolute Gasteiger partial charge is 0.123 e. The fourth-order valence-electron chi connectivity index (χ4n) is 1.78. The van der Waals surface area contributed by atoms with Gasteiger partial charge >= 0.3 is 0 Å². The first kappa shape index (κ1) is 17.0. The fraction of sp³-hybridized carbons (Fsp3) is 0.647. The Kier molecular flexibility index (Phi) is 6.50. The first-order valence-electron chi connectivity index (χ1n) is 7.37. The van der Waals surface area contributed by atoms with Crippen LogP contribution in [-0.4, -0.2) is 24.9 Å². The van der Waals surface area contributed by atoms with Gasteiger partial charge < -0.3 is 14.8 Å². The lowest BCUT2D eigenvalue weighted by Crippen LogP contribution is -2.35. The van der Waals surface area contributed by atoms with Crippen molar-refractivity contribution in [2.75, 3.05) is 13.2 Å². The van der Waals surface area contributed by atoms with E-state index in [0.717, 1.165) is 12.3 Å². The van der Waals surface area contributed by atoms with Gasteiger partial charge in [-0.15, -0.1) is 0 Å². The molecule has 1 aromatic carbocycles. The Balaban J connectivity index is 2.60. The maximum absolute atomic E-state index is 5.84. The molecule has 0 aliphatic heterocycles. The molecule has 0 unspecified atom stereocenters. The standard InChI is InChI=1S/C17H29NO2/c1-13(2)19-9-10-20-16-8-7-14(3)11-15(16)12-18-17(4,5)6/h7-8,11,13,18H,9-10,12H2,1-6H3. The Morgan fingerprint density at radius 1 is 1.15 bits per heavy atom. The van der Waals surface area contributed by atoms with Crippen LogP contribution in [0.5, 0.6) is 5.75 Å². The average molecular weight is 279 g/mol. The van der Waals surface area contributed by atoms with Crippen LogP contribution in [0.2, 0.25) is 0 Å². The molecule has 1 N–H and O–H groups in total. The number of ether oxygens (including phenoxy) is 2. The van der Waals surface area contributed by atoms with Crippen molar-refractivity contribution in [3.63, 3.8) is 0 Å². The molecule has 3 heteroatoms. The minimum absolute atomic E-state index is 0.0990. The zero-order valence-corrected chi connectivity index (χ0v) is 13.7. The van der Waals surface area contributed by atoms with Gasteiger partial charge in [0, 0.05) is 17.6 Å². The Bertz CT molecular complexity index is 408. The summed E-state index contributed by atoms with van der Waals surface area (Å²) < 4.78 is 11.3. The number of hydrogen-bond donors (Lipinski definition) is 1. The van der Waals surface area contributed by atoms with Crippen LogP contribution in [-0.2, 0) is 11.3 Å². The second kappa shape index (κ2) is 7.65. The molecule has 0 aromatic heterocycles. The van der Waals surface area contributed by atoms with Gasteiger partial charge in [-0.25, -0.2) is 0 Å². The van der Waals surface area contributed by atoms with Crippen LogP contribution in [0.25, 0.3) is 0 Å². The second-order valence-electron chi connectivity index (χ2n) is 6.48. The van der Waals surface area contributed by atoms with Gasteiger partial charge in [-0.05, 0) is 47.6 Å². The minimum atomic E-state index is 0.0990. The highest BCUT2D eigenvalue weighted by molar-refractivity contribution is 5.37. The van der Waals surface area contributed by atoms with Crippen molar-refractivity contribution < 1.29 is 9.47 Å². The van der Waals surface area contributed by atoms with Crippen molar-refractivity contribution in [1.82, 2.24) is 5.32 Å². The van der Waals surface area contributed by atoms with E-state index in [1.807, 2.05) is 19.9 Å². The number of hydrogen-bond acceptors (Lipinski definition) is 3. The van der Waals surface area contributed by atoms with Gasteiger partial charge in [-0.1, -0.05) is 17.7 Å². The summed E-state index contributed by atoms with van der Waals surface area (Å²) in [6.45, 7) is 14.7. The van der Waals surface area contributed by atoms with Crippen molar-refractivity contribution in [3.8, 4) is 5.75 Å². The molecule has 0 saturated carbocycles. The third-order valence-corrected chi connectivity index (χ3v) is 2.82. The summed E-state index contributed by atoms with van der Waals surface area (Å²) in [4.78, 5) is 0. The molecule has 0 amide bonds. The molecule has 1 aromatic rings. The van der Waals surface area contributed by atoms with Crippen LogP contribution < -0.4 is 10.1 Å². The first-order valence-corrected chi connectivity index (χ1v) is 7.37. The number of benzene rings is 1. The van der Waals surface area contributed by atoms with Crippen molar-refractivity contribution in [2.24, 2.45) is 0 Å². The van der Waals surface area contributed by atoms with E-state index in [2.05, 4.69) is 45.1 Å². The van der Waals surface area contributed by atoms with E-state index in [1.54, 1.807) is 0 Å². The molecule has 0 heterocycles. The van der Waals surface area contributed by atoms with E-state index in [0.29, 0.717) is 13.2 Å². The SMILES string of the molecule is Cc1ccc(OCCOC(C)C)c(CNC(C)(C)C)c1. The van der Waals surface area contributed by atoms with E-state index >= 15 is 0 Å². The number of nitrogens with one attached hydrogen (secondary N) is 1. The van der Waals surface area contributed by atoms with E-state index in [1.165, 1.54) is 11.1 Å². The predicted molar refractivity (Wildman–Crippen MR) is 84.4 cm³/mol. The van der Waals surface area contributed by atoms with Crippen LogP contribution in [0.4, 0.5) is 0 Å². The highest BCUT2D eigenvalue weighted by Crippen LogP contribution is 2.20. The zero-order chi connectivity index (χ0) is 15.2. The highest BCUT2D eigenvalue weighted by atomic mass is 16.5. The molecule has 0 aliphatic rings. The quantitative estimate of drug-likeness (QED) is 0.772. The fourth-order valence-corrected chi connectivity index (χ4v) is 1.78. The molecule has 20 heavy (non-hydrogen) atoms. The molecule has 0 bridgehead atoms. The van der Waals surface area contributed by atoms with Crippen molar-refractivity contribution in [3.05, 3.63) is 29.3 Å². The summed E-state index contributed by atoms with van der Waals surface area (Å²) >= 11 is 0. The summed E-state index contributed by atoms with van der Waals surface area (Å²) in [6, 6.07) is 6.31. The summed E-state index contributed by atoms with van der Waals surface area (Å²) in [5, 5.41) is 3.50. The third kappa shape index (κ3) is 6.92. The highest BCUT2D eigenvalue weighted by Gasteiger charge is 2.11. The number of aryl methyl sites for hydroxylation is 1. The van der Waals surface area contributed by atoms with Crippen LogP contribution in [0.15, 0.2) is 18.2 Å². The van der Waals surface area contributed by atoms with Crippen LogP contribution in [0.1, 0.15) is 45.7 Å². The van der Waals surface area contributed by atoms with E-state index in [4.69, 9.17) is 9.47 Å². The maximum atomic E-state index is 5.84. The Morgan fingerprint density at radius 3 is 2.45 bits per heavy atom. The van der Waals surface area contributed by atoms with Gasteiger partial charge in [0.15, 0.2) is 0 Å². The Morgan fingerprint density at radius 2 is 1.85 bits per heavy atom. The zero-order valence-electron chi connectivity index (χ0n) is 13.7. The van der Waals surface area contributed by atoms with Gasteiger partial charge in [0.2, 0.25) is 0 Å². The molecule has 1 rings (SSSR count). The molecule has 114 valence electrons. The minimum Gasteiger partial charge on any atom is -0.491 e. The molecule has 0 fully saturated rings. The summed E-state index contributed by atoms with van der Waals surface area (Å²) in [5.74, 6) is 0.944. The van der Waals surface area contributed by atoms with Crippen LogP contribution >= 0.6 is 0 Å². The molecule has 0 atom stereocenters. The molecule has 0 aliphatic carbocycles. The lowest BCUT2D eigenvalue weighted by molar-refractivity contribution is 0.0550. The van der Waals surface area contributed by atoms with Gasteiger partial charge in [0.05, 0.1) is 12.7 Å². The monoisotopic (exact) mass is 279 g/mol. The van der Waals surface area contributed by atoms with E-state index < -0.39 is 0 Å². The van der Waals surface area contributed by atoms with Crippen LogP contribution in [0, 0.1) is 6.92 Å². The Hall–Kier alpha value is -1.06. The second-order valence-corrected chi connectivity index (χ2v) is 6.48. The van der Waals surface area contributed by atoms with Crippen molar-refractivity contribution in [2.45, 2.75) is 59.7 Å². The maximum Gasteiger partial charge on any atom is 0.123 e. The molecule has 0 spiro atoms. The van der Waals surface area contributed by atoms with Gasteiger partial charge in [0.1, 0.15) is 12.4 Å². The van der Waals surface area contributed by atoms with Crippen molar-refractivity contribution in [1.29, 1.82) is 0 Å². The number of rotatable bonds is 7. The topological polar surface area (TPSA) is 30.5 Å².